The van der Waals surface area contributed by atoms with Gasteiger partial charge >= 0.3 is 0 Å². The van der Waals surface area contributed by atoms with E-state index in [1.165, 1.54) is 11.1 Å². The molecule has 0 spiro atoms. The first-order chi connectivity index (χ1) is 9.40. The van der Waals surface area contributed by atoms with Gasteiger partial charge < -0.3 is 5.32 Å². The fourth-order valence-electron chi connectivity index (χ4n) is 2.34. The number of rotatable bonds is 8. The van der Waals surface area contributed by atoms with Crippen LogP contribution in [0.3, 0.4) is 0 Å². The first-order valence-electron chi connectivity index (χ1n) is 7.94. The number of hydrogen-bond donors (Lipinski definition) is 1. The molecule has 0 atom stereocenters. The molecule has 0 aromatic heterocycles. The molecule has 1 N–H and O–H groups in total. The minimum Gasteiger partial charge on any atom is -0.310 e. The second kappa shape index (κ2) is 8.43. The minimum atomic E-state index is 0.528. The van der Waals surface area contributed by atoms with Crippen molar-refractivity contribution in [2.24, 2.45) is 5.92 Å². The van der Waals surface area contributed by atoms with Crippen molar-refractivity contribution >= 4 is 0 Å². The Bertz CT molecular complexity index is 383. The summed E-state index contributed by atoms with van der Waals surface area (Å²) in [7, 11) is 0. The van der Waals surface area contributed by atoms with E-state index in [2.05, 4.69) is 76.0 Å². The van der Waals surface area contributed by atoms with E-state index in [1.807, 2.05) is 0 Å². The summed E-state index contributed by atoms with van der Waals surface area (Å²) in [5.74, 6) is 0.707. The van der Waals surface area contributed by atoms with Crippen molar-refractivity contribution in [2.45, 2.75) is 66.7 Å². The van der Waals surface area contributed by atoms with Gasteiger partial charge in [-0.25, -0.2) is 0 Å². The highest BCUT2D eigenvalue weighted by Gasteiger charge is 2.13. The van der Waals surface area contributed by atoms with Crippen LogP contribution < -0.4 is 5.32 Å². The van der Waals surface area contributed by atoms with Crippen molar-refractivity contribution in [1.29, 1.82) is 0 Å². The second-order valence-electron chi connectivity index (χ2n) is 6.72. The molecule has 0 bridgehead atoms. The van der Waals surface area contributed by atoms with E-state index >= 15 is 0 Å². The van der Waals surface area contributed by atoms with E-state index in [9.17, 15) is 0 Å². The summed E-state index contributed by atoms with van der Waals surface area (Å²) in [6, 6.07) is 9.93. The Kier molecular flexibility index (Phi) is 7.25. The van der Waals surface area contributed by atoms with Gasteiger partial charge in [-0.1, -0.05) is 52.0 Å². The Labute approximate surface area is 125 Å². The molecule has 0 radical (unpaired) electrons. The zero-order valence-electron chi connectivity index (χ0n) is 14.1. The summed E-state index contributed by atoms with van der Waals surface area (Å²) in [5, 5.41) is 3.53. The lowest BCUT2D eigenvalue weighted by Gasteiger charge is -2.29. The molecule has 114 valence electrons. The number of hydrogen-bond acceptors (Lipinski definition) is 2. The molecular weight excluding hydrogens is 244 g/mol. The summed E-state index contributed by atoms with van der Waals surface area (Å²) in [6.45, 7) is 16.7. The Balaban J connectivity index is 2.78. The predicted octanol–water partition coefficient (Wildman–Crippen LogP) is 4.05. The fourth-order valence-corrected chi connectivity index (χ4v) is 2.34. The second-order valence-corrected chi connectivity index (χ2v) is 6.72. The third-order valence-corrected chi connectivity index (χ3v) is 3.52. The third kappa shape index (κ3) is 6.06. The lowest BCUT2D eigenvalue weighted by Crippen LogP contribution is -2.34. The standard InChI is InChI=1S/C18H32N2/c1-14(2)12-20(16(5)6)13-18-10-8-7-9-17(18)11-19-15(3)4/h7-10,14-16,19H,11-13H2,1-6H3. The van der Waals surface area contributed by atoms with Gasteiger partial charge in [0.15, 0.2) is 0 Å². The Morgan fingerprint density at radius 1 is 0.950 bits per heavy atom. The van der Waals surface area contributed by atoms with E-state index in [0.717, 1.165) is 19.6 Å². The maximum Gasteiger partial charge on any atom is 0.0239 e. The highest BCUT2D eigenvalue weighted by atomic mass is 15.1. The first kappa shape index (κ1) is 17.2. The third-order valence-electron chi connectivity index (χ3n) is 3.52. The van der Waals surface area contributed by atoms with Crippen LogP contribution in [0.25, 0.3) is 0 Å². The van der Waals surface area contributed by atoms with Crippen LogP contribution in [0, 0.1) is 5.92 Å². The van der Waals surface area contributed by atoms with E-state index < -0.39 is 0 Å². The lowest BCUT2D eigenvalue weighted by atomic mass is 10.0. The van der Waals surface area contributed by atoms with Crippen LogP contribution in [-0.2, 0) is 13.1 Å². The molecule has 0 aliphatic heterocycles. The van der Waals surface area contributed by atoms with Crippen LogP contribution in [0.15, 0.2) is 24.3 Å². The summed E-state index contributed by atoms with van der Waals surface area (Å²) in [4.78, 5) is 2.57. The molecule has 0 unspecified atom stereocenters. The minimum absolute atomic E-state index is 0.528. The quantitative estimate of drug-likeness (QED) is 0.770. The van der Waals surface area contributed by atoms with Crippen LogP contribution in [0.4, 0.5) is 0 Å². The lowest BCUT2D eigenvalue weighted by molar-refractivity contribution is 0.188. The topological polar surface area (TPSA) is 15.3 Å². The molecule has 0 fully saturated rings. The van der Waals surface area contributed by atoms with Gasteiger partial charge in [0, 0.05) is 31.7 Å². The van der Waals surface area contributed by atoms with Gasteiger partial charge in [0.1, 0.15) is 0 Å². The summed E-state index contributed by atoms with van der Waals surface area (Å²) >= 11 is 0. The molecule has 20 heavy (non-hydrogen) atoms. The molecule has 1 aromatic rings. The van der Waals surface area contributed by atoms with E-state index in [1.54, 1.807) is 0 Å². The van der Waals surface area contributed by atoms with Crippen molar-refractivity contribution in [3.8, 4) is 0 Å². The fraction of sp³-hybridized carbons (Fsp3) is 0.667. The molecule has 0 saturated heterocycles. The van der Waals surface area contributed by atoms with E-state index in [0.29, 0.717) is 18.0 Å². The van der Waals surface area contributed by atoms with Gasteiger partial charge in [-0.15, -0.1) is 0 Å². The van der Waals surface area contributed by atoms with Gasteiger partial charge in [-0.2, -0.15) is 0 Å². The summed E-state index contributed by atoms with van der Waals surface area (Å²) < 4.78 is 0. The van der Waals surface area contributed by atoms with Gasteiger partial charge in [-0.05, 0) is 30.9 Å². The molecule has 2 nitrogen and oxygen atoms in total. The van der Waals surface area contributed by atoms with Crippen LogP contribution in [-0.4, -0.2) is 23.5 Å². The number of benzene rings is 1. The van der Waals surface area contributed by atoms with Gasteiger partial charge in [0.05, 0.1) is 0 Å². The average Bonchev–Trinajstić information content (AvgIpc) is 2.36. The van der Waals surface area contributed by atoms with Crippen molar-refractivity contribution in [2.75, 3.05) is 6.54 Å². The van der Waals surface area contributed by atoms with Crippen LogP contribution in [0.2, 0.25) is 0 Å². The van der Waals surface area contributed by atoms with E-state index in [4.69, 9.17) is 0 Å². The van der Waals surface area contributed by atoms with Gasteiger partial charge in [-0.3, -0.25) is 4.90 Å². The summed E-state index contributed by atoms with van der Waals surface area (Å²) in [5.41, 5.74) is 2.88. The predicted molar refractivity (Wildman–Crippen MR) is 88.8 cm³/mol. The highest BCUT2D eigenvalue weighted by molar-refractivity contribution is 5.27. The van der Waals surface area contributed by atoms with Gasteiger partial charge in [0.25, 0.3) is 0 Å². The normalized spacial score (nSPS) is 12.1. The smallest absolute Gasteiger partial charge is 0.0239 e. The number of nitrogens with one attached hydrogen (secondary N) is 1. The molecule has 0 saturated carbocycles. The van der Waals surface area contributed by atoms with Crippen molar-refractivity contribution in [3.63, 3.8) is 0 Å². The van der Waals surface area contributed by atoms with E-state index in [-0.39, 0.29) is 0 Å². The van der Waals surface area contributed by atoms with Crippen LogP contribution >= 0.6 is 0 Å². The van der Waals surface area contributed by atoms with Gasteiger partial charge in [0.2, 0.25) is 0 Å². The number of nitrogens with zero attached hydrogens (tertiary/aromatic N) is 1. The average molecular weight is 276 g/mol. The SMILES string of the molecule is CC(C)CN(Cc1ccccc1CNC(C)C)C(C)C. The highest BCUT2D eigenvalue weighted by Crippen LogP contribution is 2.15. The Morgan fingerprint density at radius 3 is 2.05 bits per heavy atom. The molecule has 2 heteroatoms. The maximum absolute atomic E-state index is 3.53. The van der Waals surface area contributed by atoms with Crippen molar-refractivity contribution < 1.29 is 0 Å². The molecule has 0 aliphatic carbocycles. The molecule has 0 amide bonds. The van der Waals surface area contributed by atoms with Crippen LogP contribution in [0.1, 0.15) is 52.7 Å². The van der Waals surface area contributed by atoms with Crippen LogP contribution in [0.5, 0.6) is 0 Å². The largest absolute Gasteiger partial charge is 0.310 e. The molecule has 0 heterocycles. The zero-order chi connectivity index (χ0) is 15.1. The zero-order valence-corrected chi connectivity index (χ0v) is 14.1. The monoisotopic (exact) mass is 276 g/mol. The Hall–Kier alpha value is -0.860. The maximum atomic E-state index is 3.53. The molecular formula is C18H32N2. The summed E-state index contributed by atoms with van der Waals surface area (Å²) in [6.07, 6.45) is 0. The van der Waals surface area contributed by atoms with Crippen molar-refractivity contribution in [1.82, 2.24) is 10.2 Å². The molecule has 1 rings (SSSR count). The Morgan fingerprint density at radius 2 is 1.55 bits per heavy atom. The molecule has 0 aliphatic rings. The van der Waals surface area contributed by atoms with Crippen molar-refractivity contribution in [3.05, 3.63) is 35.4 Å². The molecule has 1 aromatic carbocycles. The first-order valence-corrected chi connectivity index (χ1v) is 7.94.